The maximum absolute atomic E-state index is 5.72. The molecule has 0 aliphatic rings. The second-order valence-electron chi connectivity index (χ2n) is 4.14. The molecule has 2 aromatic heterocycles. The van der Waals surface area contributed by atoms with Gasteiger partial charge in [-0.05, 0) is 20.3 Å². The first kappa shape index (κ1) is 12.3. The van der Waals surface area contributed by atoms with Crippen LogP contribution in [0.5, 0.6) is 5.88 Å². The molecule has 2 rings (SSSR count). The number of nitrogens with two attached hydrogens (primary N) is 1. The third-order valence-electron chi connectivity index (χ3n) is 2.41. The standard InChI is InChI=1S/C12H17N5O/c1-4-5-18-10-6-9(3)14-12(15-10)17-7-8(2)11(13)16-17/h6-7H,4-5H2,1-3H3,(H2,13,16). The molecule has 0 spiro atoms. The van der Waals surface area contributed by atoms with Crippen LogP contribution in [0.4, 0.5) is 5.82 Å². The molecule has 2 N–H and O–H groups in total. The second-order valence-corrected chi connectivity index (χ2v) is 4.14. The molecule has 0 atom stereocenters. The molecule has 96 valence electrons. The van der Waals surface area contributed by atoms with Gasteiger partial charge < -0.3 is 10.5 Å². The topological polar surface area (TPSA) is 78.9 Å². The van der Waals surface area contributed by atoms with Crippen molar-refractivity contribution in [2.24, 2.45) is 0 Å². The summed E-state index contributed by atoms with van der Waals surface area (Å²) in [6.07, 6.45) is 2.74. The van der Waals surface area contributed by atoms with Crippen molar-refractivity contribution in [2.45, 2.75) is 27.2 Å². The Morgan fingerprint density at radius 1 is 1.33 bits per heavy atom. The van der Waals surface area contributed by atoms with Gasteiger partial charge in [-0.3, -0.25) is 0 Å². The maximum Gasteiger partial charge on any atom is 0.254 e. The molecule has 0 amide bonds. The summed E-state index contributed by atoms with van der Waals surface area (Å²) >= 11 is 0. The molecule has 0 bridgehead atoms. The van der Waals surface area contributed by atoms with Crippen molar-refractivity contribution < 1.29 is 4.74 Å². The van der Waals surface area contributed by atoms with E-state index in [1.54, 1.807) is 16.9 Å². The number of rotatable bonds is 4. The van der Waals surface area contributed by atoms with E-state index in [1.165, 1.54) is 0 Å². The zero-order valence-corrected chi connectivity index (χ0v) is 10.8. The minimum absolute atomic E-state index is 0.473. The molecule has 0 saturated heterocycles. The number of hydrogen-bond acceptors (Lipinski definition) is 5. The Balaban J connectivity index is 2.35. The third kappa shape index (κ3) is 2.58. The Kier molecular flexibility index (Phi) is 3.45. The van der Waals surface area contributed by atoms with Crippen molar-refractivity contribution in [1.29, 1.82) is 0 Å². The van der Waals surface area contributed by atoms with E-state index in [-0.39, 0.29) is 0 Å². The molecule has 6 heteroatoms. The van der Waals surface area contributed by atoms with Gasteiger partial charge in [-0.25, -0.2) is 9.67 Å². The van der Waals surface area contributed by atoms with Gasteiger partial charge in [0.15, 0.2) is 0 Å². The molecule has 0 radical (unpaired) electrons. The number of aromatic nitrogens is 4. The zero-order valence-electron chi connectivity index (χ0n) is 10.8. The lowest BCUT2D eigenvalue weighted by Crippen LogP contribution is -2.06. The number of nitrogens with zero attached hydrogens (tertiary/aromatic N) is 4. The van der Waals surface area contributed by atoms with Crippen LogP contribution in [0.25, 0.3) is 5.95 Å². The van der Waals surface area contributed by atoms with Crippen LogP contribution in [0, 0.1) is 13.8 Å². The number of ether oxygens (including phenoxy) is 1. The maximum atomic E-state index is 5.72. The first-order valence-electron chi connectivity index (χ1n) is 5.90. The first-order chi connectivity index (χ1) is 8.60. The quantitative estimate of drug-likeness (QED) is 0.888. The highest BCUT2D eigenvalue weighted by molar-refractivity contribution is 5.38. The van der Waals surface area contributed by atoms with Crippen molar-refractivity contribution in [2.75, 3.05) is 12.3 Å². The van der Waals surface area contributed by atoms with Crippen molar-refractivity contribution in [3.05, 3.63) is 23.5 Å². The fourth-order valence-corrected chi connectivity index (χ4v) is 1.48. The Hall–Kier alpha value is -2.11. The van der Waals surface area contributed by atoms with Crippen LogP contribution >= 0.6 is 0 Å². The number of hydrogen-bond donors (Lipinski definition) is 1. The van der Waals surface area contributed by atoms with Crippen LogP contribution < -0.4 is 10.5 Å². The summed E-state index contributed by atoms with van der Waals surface area (Å²) in [6, 6.07) is 1.80. The number of aryl methyl sites for hydroxylation is 2. The molecule has 2 heterocycles. The van der Waals surface area contributed by atoms with Crippen LogP contribution in [0.3, 0.4) is 0 Å². The molecule has 2 aromatic rings. The largest absolute Gasteiger partial charge is 0.478 e. The number of anilines is 1. The highest BCUT2D eigenvalue weighted by Crippen LogP contribution is 2.14. The lowest BCUT2D eigenvalue weighted by Gasteiger charge is -2.06. The summed E-state index contributed by atoms with van der Waals surface area (Å²) in [5.41, 5.74) is 7.45. The summed E-state index contributed by atoms with van der Waals surface area (Å²) < 4.78 is 7.08. The molecule has 18 heavy (non-hydrogen) atoms. The highest BCUT2D eigenvalue weighted by atomic mass is 16.5. The Morgan fingerprint density at radius 2 is 2.11 bits per heavy atom. The zero-order chi connectivity index (χ0) is 13.1. The SMILES string of the molecule is CCCOc1cc(C)nc(-n2cc(C)c(N)n2)n1. The van der Waals surface area contributed by atoms with Crippen molar-refractivity contribution >= 4 is 5.82 Å². The van der Waals surface area contributed by atoms with Gasteiger partial charge in [-0.2, -0.15) is 4.98 Å². The summed E-state index contributed by atoms with van der Waals surface area (Å²) in [5.74, 6) is 1.52. The normalized spacial score (nSPS) is 10.6. The van der Waals surface area contributed by atoms with Gasteiger partial charge in [0.1, 0.15) is 5.82 Å². The van der Waals surface area contributed by atoms with E-state index in [0.717, 1.165) is 17.7 Å². The molecule has 0 unspecified atom stereocenters. The van der Waals surface area contributed by atoms with E-state index in [0.29, 0.717) is 24.3 Å². The molecule has 6 nitrogen and oxygen atoms in total. The van der Waals surface area contributed by atoms with Gasteiger partial charge in [0.2, 0.25) is 5.88 Å². The average Bonchev–Trinajstić information content (AvgIpc) is 2.66. The predicted octanol–water partition coefficient (Wildman–Crippen LogP) is 1.65. The Labute approximate surface area is 106 Å². The molecule has 0 aliphatic heterocycles. The van der Waals surface area contributed by atoms with Gasteiger partial charge in [-0.15, -0.1) is 5.10 Å². The molecule has 0 fully saturated rings. The van der Waals surface area contributed by atoms with Crippen LogP contribution in [-0.2, 0) is 0 Å². The lowest BCUT2D eigenvalue weighted by molar-refractivity contribution is 0.304. The fraction of sp³-hybridized carbons (Fsp3) is 0.417. The first-order valence-corrected chi connectivity index (χ1v) is 5.90. The van der Waals surface area contributed by atoms with E-state index >= 15 is 0 Å². The third-order valence-corrected chi connectivity index (χ3v) is 2.41. The predicted molar refractivity (Wildman–Crippen MR) is 68.8 cm³/mol. The van der Waals surface area contributed by atoms with Crippen LogP contribution in [0.2, 0.25) is 0 Å². The van der Waals surface area contributed by atoms with Gasteiger partial charge in [0, 0.05) is 23.5 Å². The minimum Gasteiger partial charge on any atom is -0.478 e. The Bertz CT molecular complexity index is 530. The number of nitrogen functional groups attached to an aromatic ring is 1. The highest BCUT2D eigenvalue weighted by Gasteiger charge is 2.08. The van der Waals surface area contributed by atoms with E-state index in [9.17, 15) is 0 Å². The summed E-state index contributed by atoms with van der Waals surface area (Å²) in [5, 5.41) is 4.16. The summed E-state index contributed by atoms with van der Waals surface area (Å²) in [7, 11) is 0. The molecule has 0 aromatic carbocycles. The van der Waals surface area contributed by atoms with E-state index in [2.05, 4.69) is 15.1 Å². The van der Waals surface area contributed by atoms with Crippen molar-refractivity contribution in [3.63, 3.8) is 0 Å². The van der Waals surface area contributed by atoms with Gasteiger partial charge >= 0.3 is 0 Å². The summed E-state index contributed by atoms with van der Waals surface area (Å²) in [6.45, 7) is 6.47. The van der Waals surface area contributed by atoms with Gasteiger partial charge in [0.25, 0.3) is 5.95 Å². The van der Waals surface area contributed by atoms with Crippen LogP contribution in [-0.4, -0.2) is 26.4 Å². The van der Waals surface area contributed by atoms with Crippen LogP contribution in [0.15, 0.2) is 12.3 Å². The van der Waals surface area contributed by atoms with Gasteiger partial charge in [-0.1, -0.05) is 6.92 Å². The summed E-state index contributed by atoms with van der Waals surface area (Å²) in [4.78, 5) is 8.63. The minimum atomic E-state index is 0.473. The van der Waals surface area contributed by atoms with E-state index in [1.807, 2.05) is 20.8 Å². The smallest absolute Gasteiger partial charge is 0.254 e. The van der Waals surface area contributed by atoms with Crippen LogP contribution in [0.1, 0.15) is 24.6 Å². The average molecular weight is 247 g/mol. The van der Waals surface area contributed by atoms with Crippen molar-refractivity contribution in [1.82, 2.24) is 19.7 Å². The molecule has 0 aliphatic carbocycles. The Morgan fingerprint density at radius 3 is 2.72 bits per heavy atom. The van der Waals surface area contributed by atoms with E-state index < -0.39 is 0 Å². The second kappa shape index (κ2) is 5.03. The van der Waals surface area contributed by atoms with Gasteiger partial charge in [0.05, 0.1) is 6.61 Å². The molecule has 0 saturated carbocycles. The monoisotopic (exact) mass is 247 g/mol. The van der Waals surface area contributed by atoms with E-state index in [4.69, 9.17) is 10.5 Å². The molecular formula is C12H17N5O. The molecular weight excluding hydrogens is 230 g/mol. The lowest BCUT2D eigenvalue weighted by atomic mass is 10.4. The fourth-order valence-electron chi connectivity index (χ4n) is 1.48. The van der Waals surface area contributed by atoms with Crippen molar-refractivity contribution in [3.8, 4) is 11.8 Å².